The number of carbonyl (C=O) groups is 1. The third-order valence-electron chi connectivity index (χ3n) is 4.84. The summed E-state index contributed by atoms with van der Waals surface area (Å²) in [5.41, 5.74) is 3.20. The molecule has 2 heterocycles. The number of unbranched alkanes of at least 4 members (excludes halogenated alkanes) is 1. The van der Waals surface area contributed by atoms with E-state index in [0.717, 1.165) is 18.4 Å². The summed E-state index contributed by atoms with van der Waals surface area (Å²) in [6, 6.07) is 12.7. The van der Waals surface area contributed by atoms with Crippen molar-refractivity contribution in [2.75, 3.05) is 5.32 Å². The van der Waals surface area contributed by atoms with Crippen molar-refractivity contribution in [2.24, 2.45) is 5.18 Å². The first kappa shape index (κ1) is 17.8. The Morgan fingerprint density at radius 3 is 2.68 bits per heavy atom. The lowest BCUT2D eigenvalue weighted by Gasteiger charge is -2.06. The number of nitrogens with one attached hydrogen (secondary N) is 3. The van der Waals surface area contributed by atoms with Crippen LogP contribution in [-0.4, -0.2) is 21.0 Å². The van der Waals surface area contributed by atoms with Crippen LogP contribution in [0.15, 0.2) is 47.6 Å². The van der Waals surface area contributed by atoms with Gasteiger partial charge in [-0.15, -0.1) is 4.91 Å². The van der Waals surface area contributed by atoms with E-state index in [9.17, 15) is 14.8 Å². The number of benzene rings is 2. The Morgan fingerprint density at radius 2 is 1.89 bits per heavy atom. The molecule has 0 saturated heterocycles. The molecule has 0 spiro atoms. The van der Waals surface area contributed by atoms with Crippen LogP contribution in [0.2, 0.25) is 0 Å². The predicted molar refractivity (Wildman–Crippen MR) is 111 cm³/mol. The Morgan fingerprint density at radius 1 is 1.11 bits per heavy atom. The molecule has 4 N–H and O–H groups in total. The Balaban J connectivity index is 1.83. The monoisotopic (exact) mass is 376 g/mol. The number of aromatic nitrogens is 2. The molecule has 2 aromatic heterocycles. The van der Waals surface area contributed by atoms with Crippen molar-refractivity contribution in [3.8, 4) is 17.1 Å². The van der Waals surface area contributed by atoms with Gasteiger partial charge in [-0.1, -0.05) is 31.5 Å². The Hall–Kier alpha value is -3.61. The minimum absolute atomic E-state index is 0.0524. The van der Waals surface area contributed by atoms with Crippen LogP contribution >= 0.6 is 0 Å². The molecule has 28 heavy (non-hydrogen) atoms. The van der Waals surface area contributed by atoms with Crippen molar-refractivity contribution >= 4 is 39.1 Å². The van der Waals surface area contributed by atoms with Crippen LogP contribution in [0, 0.1) is 4.91 Å². The molecule has 7 nitrogen and oxygen atoms in total. The van der Waals surface area contributed by atoms with Gasteiger partial charge in [-0.05, 0) is 35.9 Å². The van der Waals surface area contributed by atoms with Gasteiger partial charge in [0.2, 0.25) is 5.91 Å². The maximum absolute atomic E-state index is 12.1. The van der Waals surface area contributed by atoms with Gasteiger partial charge >= 0.3 is 0 Å². The van der Waals surface area contributed by atoms with E-state index in [2.05, 4.69) is 20.5 Å². The number of anilines is 1. The van der Waals surface area contributed by atoms with E-state index in [0.29, 0.717) is 39.7 Å². The number of rotatable bonds is 6. The van der Waals surface area contributed by atoms with Gasteiger partial charge in [-0.2, -0.15) is 0 Å². The smallest absolute Gasteiger partial charge is 0.224 e. The van der Waals surface area contributed by atoms with E-state index in [-0.39, 0.29) is 17.5 Å². The fraction of sp³-hybridized carbons (Fsp3) is 0.190. The van der Waals surface area contributed by atoms with Crippen molar-refractivity contribution in [1.29, 1.82) is 0 Å². The second-order valence-electron chi connectivity index (χ2n) is 6.75. The summed E-state index contributed by atoms with van der Waals surface area (Å²) in [4.78, 5) is 29.7. The van der Waals surface area contributed by atoms with E-state index in [4.69, 9.17) is 0 Å². The van der Waals surface area contributed by atoms with Crippen molar-refractivity contribution in [1.82, 2.24) is 9.97 Å². The highest BCUT2D eigenvalue weighted by Gasteiger charge is 2.21. The molecular weight excluding hydrogens is 356 g/mol. The van der Waals surface area contributed by atoms with E-state index >= 15 is 0 Å². The van der Waals surface area contributed by atoms with Gasteiger partial charge in [0.05, 0.1) is 11.3 Å². The normalized spacial score (nSPS) is 11.2. The summed E-state index contributed by atoms with van der Waals surface area (Å²) < 4.78 is 0. The Labute approximate surface area is 160 Å². The first-order chi connectivity index (χ1) is 13.6. The molecule has 0 saturated carbocycles. The van der Waals surface area contributed by atoms with Gasteiger partial charge in [0.25, 0.3) is 0 Å². The number of H-pyrrole nitrogens is 2. The molecule has 0 aliphatic carbocycles. The first-order valence-electron chi connectivity index (χ1n) is 9.21. The van der Waals surface area contributed by atoms with E-state index < -0.39 is 0 Å². The SMILES string of the molecule is CCCCC(=O)Nc1ccc2[nH]c(O)c(-c3[nH]c4ccccc4c3N=O)c2c1. The molecule has 0 aliphatic rings. The molecule has 0 bridgehead atoms. The number of carbonyl (C=O) groups excluding carboxylic acids is 1. The number of para-hydroxylation sites is 1. The quantitative estimate of drug-likeness (QED) is 0.331. The number of fused-ring (bicyclic) bond motifs is 2. The molecule has 0 aliphatic heterocycles. The summed E-state index contributed by atoms with van der Waals surface area (Å²) in [5, 5.41) is 18.0. The summed E-state index contributed by atoms with van der Waals surface area (Å²) in [6.07, 6.45) is 2.23. The van der Waals surface area contributed by atoms with E-state index in [1.807, 2.05) is 25.1 Å². The molecule has 1 amide bonds. The number of hydrogen-bond acceptors (Lipinski definition) is 4. The van der Waals surface area contributed by atoms with Crippen molar-refractivity contribution < 1.29 is 9.90 Å². The third kappa shape index (κ3) is 3.00. The van der Waals surface area contributed by atoms with Gasteiger partial charge in [0.15, 0.2) is 5.88 Å². The van der Waals surface area contributed by atoms with Crippen LogP contribution in [-0.2, 0) is 4.79 Å². The molecule has 4 rings (SSSR count). The third-order valence-corrected chi connectivity index (χ3v) is 4.84. The zero-order valence-corrected chi connectivity index (χ0v) is 15.4. The van der Waals surface area contributed by atoms with E-state index in [1.54, 1.807) is 24.3 Å². The lowest BCUT2D eigenvalue weighted by atomic mass is 10.1. The van der Waals surface area contributed by atoms with Crippen LogP contribution in [0.1, 0.15) is 26.2 Å². The molecule has 4 aromatic rings. The highest BCUT2D eigenvalue weighted by Crippen LogP contribution is 2.44. The lowest BCUT2D eigenvalue weighted by molar-refractivity contribution is -0.116. The van der Waals surface area contributed by atoms with Crippen LogP contribution in [0.25, 0.3) is 33.1 Å². The Kier molecular flexibility index (Phi) is 4.57. The van der Waals surface area contributed by atoms with E-state index in [1.165, 1.54) is 0 Å². The Bertz CT molecular complexity index is 1190. The summed E-state index contributed by atoms with van der Waals surface area (Å²) in [7, 11) is 0. The maximum Gasteiger partial charge on any atom is 0.224 e. The minimum atomic E-state index is -0.0686. The maximum atomic E-state index is 12.1. The topological polar surface area (TPSA) is 110 Å². The average Bonchev–Trinajstić information content (AvgIpc) is 3.21. The lowest BCUT2D eigenvalue weighted by Crippen LogP contribution is -2.10. The number of nitroso groups, excluding NO2 is 1. The fourth-order valence-electron chi connectivity index (χ4n) is 3.47. The first-order valence-corrected chi connectivity index (χ1v) is 9.21. The number of hydrogen-bond donors (Lipinski definition) is 4. The van der Waals surface area contributed by atoms with Crippen molar-refractivity contribution in [2.45, 2.75) is 26.2 Å². The number of aromatic hydroxyl groups is 1. The zero-order chi connectivity index (χ0) is 19.7. The van der Waals surface area contributed by atoms with Crippen LogP contribution in [0.3, 0.4) is 0 Å². The standard InChI is InChI=1S/C21H20N4O3/c1-2-3-8-17(26)22-12-9-10-16-14(11-12)18(21(27)24-16)20-19(25-28)13-6-4-5-7-15(13)23-20/h4-7,9-11,23-24,27H,2-3,8H2,1H3,(H,22,26). The van der Waals surface area contributed by atoms with Crippen molar-refractivity contribution in [3.05, 3.63) is 47.4 Å². The highest BCUT2D eigenvalue weighted by molar-refractivity contribution is 6.08. The average molecular weight is 376 g/mol. The van der Waals surface area contributed by atoms with Crippen molar-refractivity contribution in [3.63, 3.8) is 0 Å². The van der Waals surface area contributed by atoms with Gasteiger partial charge in [0, 0.05) is 33.9 Å². The summed E-state index contributed by atoms with van der Waals surface area (Å²) >= 11 is 0. The number of amides is 1. The molecule has 2 aromatic carbocycles. The van der Waals surface area contributed by atoms with Crippen LogP contribution in [0.5, 0.6) is 5.88 Å². The van der Waals surface area contributed by atoms with Gasteiger partial charge < -0.3 is 20.4 Å². The van der Waals surface area contributed by atoms with Gasteiger partial charge in [0.1, 0.15) is 5.69 Å². The van der Waals surface area contributed by atoms with Crippen LogP contribution in [0.4, 0.5) is 11.4 Å². The highest BCUT2D eigenvalue weighted by atomic mass is 16.3. The molecule has 0 fully saturated rings. The molecule has 0 radical (unpaired) electrons. The summed E-state index contributed by atoms with van der Waals surface area (Å²) in [6.45, 7) is 2.03. The fourth-order valence-corrected chi connectivity index (χ4v) is 3.47. The number of nitrogens with zero attached hydrogens (tertiary/aromatic N) is 1. The van der Waals surface area contributed by atoms with Gasteiger partial charge in [-0.25, -0.2) is 0 Å². The molecule has 7 heteroatoms. The second-order valence-corrected chi connectivity index (χ2v) is 6.75. The van der Waals surface area contributed by atoms with Crippen LogP contribution < -0.4 is 5.32 Å². The largest absolute Gasteiger partial charge is 0.494 e. The zero-order valence-electron chi connectivity index (χ0n) is 15.4. The minimum Gasteiger partial charge on any atom is -0.494 e. The molecular formula is C21H20N4O3. The number of aromatic amines is 2. The molecule has 0 unspecified atom stereocenters. The molecule has 0 atom stereocenters. The molecule has 142 valence electrons. The van der Waals surface area contributed by atoms with Gasteiger partial charge in [-0.3, -0.25) is 4.79 Å². The second kappa shape index (κ2) is 7.19. The predicted octanol–water partition coefficient (Wildman–Crippen LogP) is 5.55. The summed E-state index contributed by atoms with van der Waals surface area (Å²) in [5.74, 6) is -0.121.